The zero-order valence-corrected chi connectivity index (χ0v) is 14.1. The number of carbonyl (C=O) groups excluding carboxylic acids is 1. The van der Waals surface area contributed by atoms with Gasteiger partial charge in [-0.3, -0.25) is 4.79 Å². The fourth-order valence-corrected chi connectivity index (χ4v) is 3.29. The summed E-state index contributed by atoms with van der Waals surface area (Å²) < 4.78 is 36.7. The molecule has 0 saturated carbocycles. The Hall–Kier alpha value is -2.98. The first-order valence-electron chi connectivity index (χ1n) is 8.46. The molecule has 142 valence electrons. The van der Waals surface area contributed by atoms with Gasteiger partial charge in [0.15, 0.2) is 11.3 Å². The van der Waals surface area contributed by atoms with E-state index in [-0.39, 0.29) is 6.04 Å². The number of H-pyrrole nitrogens is 1. The Labute approximate surface area is 151 Å². The van der Waals surface area contributed by atoms with Gasteiger partial charge in [-0.15, -0.1) is 10.2 Å². The van der Waals surface area contributed by atoms with Gasteiger partial charge in [-0.25, -0.2) is 9.97 Å². The summed E-state index contributed by atoms with van der Waals surface area (Å²) in [5, 5.41) is 12.4. The molecule has 27 heavy (non-hydrogen) atoms. The molecule has 1 aliphatic heterocycles. The molecule has 1 aliphatic rings. The van der Waals surface area contributed by atoms with Gasteiger partial charge >= 0.3 is 6.18 Å². The molecule has 1 amide bonds. The van der Waals surface area contributed by atoms with Crippen LogP contribution in [0.4, 0.5) is 19.0 Å². The minimum atomic E-state index is -4.33. The minimum absolute atomic E-state index is 0.227. The maximum atomic E-state index is 12.2. The highest BCUT2D eigenvalue weighted by atomic mass is 19.4. The van der Waals surface area contributed by atoms with Crippen molar-refractivity contribution in [1.82, 2.24) is 30.5 Å². The first-order valence-corrected chi connectivity index (χ1v) is 8.46. The fraction of sp³-hybridized carbons (Fsp3) is 0.438. The minimum Gasteiger partial charge on any atom is -0.354 e. The molecule has 1 atom stereocenters. The standard InChI is InChI=1S/C16H16F3N7O/c17-16(18,19)4-1-11(27)23-9-3-6-26(7-9)15-12-10-2-5-20-13(10)24-25-14(12)21-8-22-15/h2,5,8-9H,1,3-4,6-7H2,(H,23,27)(H,21,22,25). The molecule has 3 aromatic heterocycles. The lowest BCUT2D eigenvalue weighted by atomic mass is 10.2. The molecule has 0 aromatic carbocycles. The first-order chi connectivity index (χ1) is 12.9. The molecule has 3 aromatic rings. The van der Waals surface area contributed by atoms with Crippen LogP contribution in [-0.4, -0.2) is 56.4 Å². The average Bonchev–Trinajstić information content (AvgIpc) is 3.28. The van der Waals surface area contributed by atoms with E-state index in [1.165, 1.54) is 6.33 Å². The van der Waals surface area contributed by atoms with Gasteiger partial charge in [0, 0.05) is 37.1 Å². The molecular weight excluding hydrogens is 363 g/mol. The second kappa shape index (κ2) is 6.63. The Morgan fingerprint density at radius 3 is 3.00 bits per heavy atom. The highest BCUT2D eigenvalue weighted by Gasteiger charge is 2.30. The molecule has 11 heteroatoms. The van der Waals surface area contributed by atoms with Crippen LogP contribution in [0.1, 0.15) is 19.3 Å². The number of rotatable bonds is 4. The highest BCUT2D eigenvalue weighted by molar-refractivity contribution is 6.07. The van der Waals surface area contributed by atoms with Gasteiger partial charge in [0.1, 0.15) is 5.82 Å². The van der Waals surface area contributed by atoms with Gasteiger partial charge in [0.05, 0.1) is 18.1 Å². The van der Waals surface area contributed by atoms with Crippen LogP contribution >= 0.6 is 0 Å². The number of carbonyl (C=O) groups is 1. The van der Waals surface area contributed by atoms with Crippen LogP contribution < -0.4 is 10.2 Å². The number of hydrogen-bond donors (Lipinski definition) is 2. The molecule has 8 nitrogen and oxygen atoms in total. The monoisotopic (exact) mass is 379 g/mol. The molecule has 1 fully saturated rings. The van der Waals surface area contributed by atoms with Crippen LogP contribution in [0.25, 0.3) is 22.1 Å². The molecule has 1 saturated heterocycles. The Balaban J connectivity index is 1.51. The third kappa shape index (κ3) is 3.62. The number of nitrogens with one attached hydrogen (secondary N) is 2. The molecule has 0 bridgehead atoms. The summed E-state index contributed by atoms with van der Waals surface area (Å²) in [7, 11) is 0. The highest BCUT2D eigenvalue weighted by Crippen LogP contribution is 2.30. The lowest BCUT2D eigenvalue weighted by Crippen LogP contribution is -2.37. The zero-order chi connectivity index (χ0) is 19.0. The van der Waals surface area contributed by atoms with E-state index in [0.29, 0.717) is 36.6 Å². The zero-order valence-electron chi connectivity index (χ0n) is 14.1. The maximum Gasteiger partial charge on any atom is 0.389 e. The van der Waals surface area contributed by atoms with Crippen molar-refractivity contribution in [1.29, 1.82) is 0 Å². The van der Waals surface area contributed by atoms with Crippen LogP contribution in [0.3, 0.4) is 0 Å². The number of aromatic nitrogens is 5. The van der Waals surface area contributed by atoms with Crippen molar-refractivity contribution in [2.75, 3.05) is 18.0 Å². The predicted octanol–water partition coefficient (Wildman–Crippen LogP) is 1.94. The summed E-state index contributed by atoms with van der Waals surface area (Å²) >= 11 is 0. The number of amides is 1. The molecule has 4 heterocycles. The van der Waals surface area contributed by atoms with E-state index in [2.05, 4.69) is 30.5 Å². The van der Waals surface area contributed by atoms with Gasteiger partial charge in [0.2, 0.25) is 5.91 Å². The van der Waals surface area contributed by atoms with Crippen molar-refractivity contribution >= 4 is 33.8 Å². The van der Waals surface area contributed by atoms with Crippen LogP contribution in [0.5, 0.6) is 0 Å². The number of anilines is 1. The van der Waals surface area contributed by atoms with E-state index in [4.69, 9.17) is 0 Å². The SMILES string of the molecule is O=C(CCC(F)(F)F)NC1CCN(c2nc[nH]c3nnc4nccc4c23)C1. The van der Waals surface area contributed by atoms with Crippen molar-refractivity contribution in [3.8, 4) is 0 Å². The second-order valence-electron chi connectivity index (χ2n) is 6.45. The Kier molecular flexibility index (Phi) is 4.28. The van der Waals surface area contributed by atoms with E-state index in [9.17, 15) is 18.0 Å². The van der Waals surface area contributed by atoms with Gasteiger partial charge in [-0.1, -0.05) is 0 Å². The van der Waals surface area contributed by atoms with Crippen LogP contribution in [-0.2, 0) is 4.79 Å². The quantitative estimate of drug-likeness (QED) is 0.719. The van der Waals surface area contributed by atoms with Crippen molar-refractivity contribution in [3.63, 3.8) is 0 Å². The third-order valence-corrected chi connectivity index (χ3v) is 4.53. The van der Waals surface area contributed by atoms with Gasteiger partial charge in [-0.05, 0) is 12.5 Å². The molecule has 4 rings (SSSR count). The van der Waals surface area contributed by atoms with Crippen molar-refractivity contribution < 1.29 is 18.0 Å². The summed E-state index contributed by atoms with van der Waals surface area (Å²) in [6, 6.07) is 1.60. The second-order valence-corrected chi connectivity index (χ2v) is 6.45. The van der Waals surface area contributed by atoms with E-state index >= 15 is 0 Å². The third-order valence-electron chi connectivity index (χ3n) is 4.53. The predicted molar refractivity (Wildman–Crippen MR) is 91.0 cm³/mol. The number of hydrogen-bond acceptors (Lipinski definition) is 6. The largest absolute Gasteiger partial charge is 0.389 e. The summed E-state index contributed by atoms with van der Waals surface area (Å²) in [6.45, 7) is 1.08. The summed E-state index contributed by atoms with van der Waals surface area (Å²) in [4.78, 5) is 25.3. The summed E-state index contributed by atoms with van der Waals surface area (Å²) in [6.07, 6.45) is -2.22. The van der Waals surface area contributed by atoms with Gasteiger partial charge in [-0.2, -0.15) is 13.2 Å². The van der Waals surface area contributed by atoms with E-state index in [0.717, 1.165) is 10.8 Å². The summed E-state index contributed by atoms with van der Waals surface area (Å²) in [5.41, 5.74) is 1.08. The van der Waals surface area contributed by atoms with Crippen molar-refractivity contribution in [3.05, 3.63) is 18.6 Å². The van der Waals surface area contributed by atoms with Crippen molar-refractivity contribution in [2.24, 2.45) is 0 Å². The fourth-order valence-electron chi connectivity index (χ4n) is 3.29. The molecule has 0 spiro atoms. The molecule has 0 aliphatic carbocycles. The number of fused-ring (bicyclic) bond motifs is 3. The molecule has 0 radical (unpaired) electrons. The smallest absolute Gasteiger partial charge is 0.354 e. The topological polar surface area (TPSA) is 99.7 Å². The Morgan fingerprint density at radius 2 is 2.19 bits per heavy atom. The lowest BCUT2D eigenvalue weighted by Gasteiger charge is -2.19. The van der Waals surface area contributed by atoms with Crippen molar-refractivity contribution in [2.45, 2.75) is 31.5 Å². The van der Waals surface area contributed by atoms with E-state index < -0.39 is 24.9 Å². The van der Waals surface area contributed by atoms with Gasteiger partial charge in [0.25, 0.3) is 0 Å². The van der Waals surface area contributed by atoms with Crippen LogP contribution in [0, 0.1) is 0 Å². The molecule has 2 N–H and O–H groups in total. The van der Waals surface area contributed by atoms with Crippen LogP contribution in [0.2, 0.25) is 0 Å². The van der Waals surface area contributed by atoms with Crippen LogP contribution in [0.15, 0.2) is 18.6 Å². The Bertz CT molecular complexity index is 987. The molecular formula is C16H16F3N7O. The lowest BCUT2D eigenvalue weighted by molar-refractivity contribution is -0.144. The normalized spacial score (nSPS) is 17.7. The number of nitrogens with zero attached hydrogens (tertiary/aromatic N) is 5. The number of halogens is 3. The number of alkyl halides is 3. The first kappa shape index (κ1) is 17.4. The Morgan fingerprint density at radius 1 is 1.33 bits per heavy atom. The van der Waals surface area contributed by atoms with E-state index in [1.54, 1.807) is 6.20 Å². The van der Waals surface area contributed by atoms with E-state index in [1.807, 2.05) is 11.0 Å². The summed E-state index contributed by atoms with van der Waals surface area (Å²) in [5.74, 6) is 0.0931. The van der Waals surface area contributed by atoms with Gasteiger partial charge < -0.3 is 15.2 Å². The maximum absolute atomic E-state index is 12.2. The molecule has 1 unspecified atom stereocenters. The number of aromatic amines is 1. The average molecular weight is 379 g/mol.